The van der Waals surface area contributed by atoms with E-state index >= 15 is 0 Å². The molecule has 3 heteroatoms. The van der Waals surface area contributed by atoms with E-state index in [1.54, 1.807) is 6.20 Å². The highest BCUT2D eigenvalue weighted by molar-refractivity contribution is 5.33. The molecule has 1 fully saturated rings. The molecular formula is C14H19N3. The average Bonchev–Trinajstić information content (AvgIpc) is 2.64. The molecule has 1 aromatic heterocycles. The minimum atomic E-state index is 0.533. The van der Waals surface area contributed by atoms with Gasteiger partial charge in [0.05, 0.1) is 0 Å². The van der Waals surface area contributed by atoms with Crippen molar-refractivity contribution in [2.24, 2.45) is 0 Å². The smallest absolute Gasteiger partial charge is 0.0428 e. The van der Waals surface area contributed by atoms with Crippen LogP contribution in [0.4, 0.5) is 0 Å². The lowest BCUT2D eigenvalue weighted by molar-refractivity contribution is 0.207. The van der Waals surface area contributed by atoms with Gasteiger partial charge in [-0.2, -0.15) is 0 Å². The number of hydrogen-bond donors (Lipinski definition) is 1. The number of rotatable bonds is 2. The lowest BCUT2D eigenvalue weighted by Gasteiger charge is -2.23. The van der Waals surface area contributed by atoms with Gasteiger partial charge in [0.25, 0.3) is 0 Å². The summed E-state index contributed by atoms with van der Waals surface area (Å²) in [6.45, 7) is 2.15. The maximum absolute atomic E-state index is 5.42. The van der Waals surface area contributed by atoms with Crippen molar-refractivity contribution in [1.29, 1.82) is 0 Å². The van der Waals surface area contributed by atoms with Gasteiger partial charge in [-0.1, -0.05) is 12.3 Å². The van der Waals surface area contributed by atoms with Crippen molar-refractivity contribution in [2.45, 2.75) is 25.2 Å². The number of hydrogen-bond acceptors (Lipinski definition) is 3. The summed E-state index contributed by atoms with van der Waals surface area (Å²) in [6.07, 6.45) is 12.8. The van der Waals surface area contributed by atoms with Crippen LogP contribution in [-0.2, 0) is 0 Å². The Morgan fingerprint density at radius 2 is 2.35 bits per heavy atom. The summed E-state index contributed by atoms with van der Waals surface area (Å²) in [4.78, 5) is 4.23. The van der Waals surface area contributed by atoms with Crippen LogP contribution in [0.25, 0.3) is 0 Å². The van der Waals surface area contributed by atoms with E-state index in [2.05, 4.69) is 27.4 Å². The van der Waals surface area contributed by atoms with Crippen LogP contribution in [0.1, 0.15) is 36.3 Å². The summed E-state index contributed by atoms with van der Waals surface area (Å²) >= 11 is 0. The molecule has 0 radical (unpaired) electrons. The number of nitrogens with zero attached hydrogens (tertiary/aromatic N) is 2. The summed E-state index contributed by atoms with van der Waals surface area (Å²) in [5.41, 5.74) is 5.39. The zero-order valence-corrected chi connectivity index (χ0v) is 10.3. The maximum atomic E-state index is 5.42. The largest absolute Gasteiger partial charge is 0.263 e. The Bertz CT molecular complexity index is 408. The van der Waals surface area contributed by atoms with Gasteiger partial charge in [-0.15, -0.1) is 6.42 Å². The zero-order valence-electron chi connectivity index (χ0n) is 10.3. The van der Waals surface area contributed by atoms with Gasteiger partial charge in [0.1, 0.15) is 0 Å². The van der Waals surface area contributed by atoms with Crippen LogP contribution in [0.2, 0.25) is 0 Å². The topological polar surface area (TPSA) is 28.2 Å². The first-order chi connectivity index (χ1) is 8.33. The van der Waals surface area contributed by atoms with Gasteiger partial charge in [-0.3, -0.25) is 10.4 Å². The van der Waals surface area contributed by atoms with E-state index in [0.29, 0.717) is 5.92 Å². The van der Waals surface area contributed by atoms with Crippen molar-refractivity contribution in [3.8, 4) is 12.3 Å². The van der Waals surface area contributed by atoms with Gasteiger partial charge >= 0.3 is 0 Å². The molecule has 0 unspecified atom stereocenters. The number of nitrogens with one attached hydrogen (secondary N) is 1. The maximum Gasteiger partial charge on any atom is 0.0428 e. The van der Waals surface area contributed by atoms with E-state index in [9.17, 15) is 0 Å². The molecule has 1 aliphatic heterocycles. The lowest BCUT2D eigenvalue weighted by atomic mass is 9.95. The van der Waals surface area contributed by atoms with E-state index in [1.165, 1.54) is 24.8 Å². The van der Waals surface area contributed by atoms with Gasteiger partial charge in [-0.25, -0.2) is 5.01 Å². The Kier molecular flexibility index (Phi) is 4.13. The third kappa shape index (κ3) is 3.06. The van der Waals surface area contributed by atoms with Crippen molar-refractivity contribution >= 4 is 0 Å². The fourth-order valence-corrected chi connectivity index (χ4v) is 2.38. The molecule has 2 rings (SSSR count). The molecule has 1 atom stereocenters. The quantitative estimate of drug-likeness (QED) is 0.783. The fraction of sp³-hybridized carbons (Fsp3) is 0.500. The second-order valence-corrected chi connectivity index (χ2v) is 4.51. The van der Waals surface area contributed by atoms with E-state index in [-0.39, 0.29) is 0 Å². The summed E-state index contributed by atoms with van der Waals surface area (Å²) in [5.74, 6) is 3.19. The first-order valence-electron chi connectivity index (χ1n) is 6.17. The number of pyridine rings is 1. The van der Waals surface area contributed by atoms with Gasteiger partial charge in [0.2, 0.25) is 0 Å². The van der Waals surface area contributed by atoms with Crippen LogP contribution in [0.3, 0.4) is 0 Å². The SMILES string of the molecule is C#Cc1cncc([C@@H]2CCCCN(NC)C2)c1. The number of terminal acetylenes is 1. The van der Waals surface area contributed by atoms with Crippen molar-refractivity contribution < 1.29 is 0 Å². The third-order valence-electron chi connectivity index (χ3n) is 3.39. The van der Waals surface area contributed by atoms with E-state index in [1.807, 2.05) is 13.2 Å². The normalized spacial score (nSPS) is 21.8. The molecule has 1 saturated heterocycles. The summed E-state index contributed by atoms with van der Waals surface area (Å²) in [5, 5.41) is 2.28. The standard InChI is InChI=1S/C14H19N3/c1-3-12-8-14(10-16-9-12)13-6-4-5-7-17(11-13)15-2/h1,8-10,13,15H,4-7,11H2,2H3/t13-/m1/s1. The average molecular weight is 229 g/mol. The highest BCUT2D eigenvalue weighted by Crippen LogP contribution is 2.25. The molecule has 0 saturated carbocycles. The van der Waals surface area contributed by atoms with Gasteiger partial charge in [-0.05, 0) is 37.4 Å². The van der Waals surface area contributed by atoms with Gasteiger partial charge < -0.3 is 0 Å². The Balaban J connectivity index is 2.16. The molecule has 17 heavy (non-hydrogen) atoms. The molecule has 0 aromatic carbocycles. The molecule has 1 N–H and O–H groups in total. The Morgan fingerprint density at radius 3 is 3.12 bits per heavy atom. The first-order valence-corrected chi connectivity index (χ1v) is 6.17. The predicted octanol–water partition coefficient (Wildman–Crippen LogP) is 1.77. The fourth-order valence-electron chi connectivity index (χ4n) is 2.38. The summed E-state index contributed by atoms with van der Waals surface area (Å²) in [6, 6.07) is 2.09. The Labute approximate surface area is 103 Å². The molecule has 2 heterocycles. The molecule has 0 amide bonds. The third-order valence-corrected chi connectivity index (χ3v) is 3.39. The highest BCUT2D eigenvalue weighted by atomic mass is 15.5. The molecule has 0 spiro atoms. The van der Waals surface area contributed by atoms with Crippen LogP contribution in [0, 0.1) is 12.3 Å². The van der Waals surface area contributed by atoms with Crippen LogP contribution >= 0.6 is 0 Å². The number of aromatic nitrogens is 1. The minimum Gasteiger partial charge on any atom is -0.263 e. The molecule has 1 aromatic rings. The Morgan fingerprint density at radius 1 is 1.47 bits per heavy atom. The summed E-state index contributed by atoms with van der Waals surface area (Å²) in [7, 11) is 1.98. The van der Waals surface area contributed by atoms with Crippen LogP contribution in [0.15, 0.2) is 18.5 Å². The van der Waals surface area contributed by atoms with Crippen LogP contribution in [0.5, 0.6) is 0 Å². The molecule has 90 valence electrons. The monoisotopic (exact) mass is 229 g/mol. The van der Waals surface area contributed by atoms with E-state index in [4.69, 9.17) is 6.42 Å². The van der Waals surface area contributed by atoms with E-state index < -0.39 is 0 Å². The van der Waals surface area contributed by atoms with E-state index in [0.717, 1.165) is 18.7 Å². The molecule has 1 aliphatic rings. The molecule has 0 bridgehead atoms. The Hall–Kier alpha value is -1.37. The highest BCUT2D eigenvalue weighted by Gasteiger charge is 2.19. The zero-order chi connectivity index (χ0) is 12.1. The molecular weight excluding hydrogens is 210 g/mol. The van der Waals surface area contributed by atoms with Gasteiger partial charge in [0, 0.05) is 31.0 Å². The van der Waals surface area contributed by atoms with Crippen molar-refractivity contribution in [2.75, 3.05) is 20.1 Å². The van der Waals surface area contributed by atoms with Crippen LogP contribution < -0.4 is 5.43 Å². The predicted molar refractivity (Wildman–Crippen MR) is 69.4 cm³/mol. The summed E-state index contributed by atoms with van der Waals surface area (Å²) < 4.78 is 0. The van der Waals surface area contributed by atoms with Gasteiger partial charge in [0.15, 0.2) is 0 Å². The van der Waals surface area contributed by atoms with Crippen molar-refractivity contribution in [1.82, 2.24) is 15.4 Å². The second kappa shape index (κ2) is 5.81. The van der Waals surface area contributed by atoms with Crippen molar-refractivity contribution in [3.05, 3.63) is 29.6 Å². The first kappa shape index (κ1) is 12.1. The lowest BCUT2D eigenvalue weighted by Crippen LogP contribution is -2.37. The van der Waals surface area contributed by atoms with Crippen LogP contribution in [-0.4, -0.2) is 30.1 Å². The van der Waals surface area contributed by atoms with Crippen molar-refractivity contribution in [3.63, 3.8) is 0 Å². The minimum absolute atomic E-state index is 0.533. The second-order valence-electron chi connectivity index (χ2n) is 4.51. The molecule has 3 nitrogen and oxygen atoms in total. The number of hydrazine groups is 1. The molecule has 0 aliphatic carbocycles.